The fourth-order valence-electron chi connectivity index (χ4n) is 1.25. The molecule has 1 unspecified atom stereocenters. The summed E-state index contributed by atoms with van der Waals surface area (Å²) in [5.41, 5.74) is 0. The van der Waals surface area contributed by atoms with E-state index in [2.05, 4.69) is 28.2 Å². The van der Waals surface area contributed by atoms with E-state index in [9.17, 15) is 4.79 Å². The van der Waals surface area contributed by atoms with Gasteiger partial charge in [-0.25, -0.2) is 0 Å². The van der Waals surface area contributed by atoms with Crippen molar-refractivity contribution >= 4 is 21.8 Å². The van der Waals surface area contributed by atoms with Crippen molar-refractivity contribution in [3.63, 3.8) is 0 Å². The van der Waals surface area contributed by atoms with Gasteiger partial charge in [-0.2, -0.15) is 0 Å². The Bertz CT molecular complexity index is 165. The maximum Gasteiger partial charge on any atom is 0.233 e. The van der Waals surface area contributed by atoms with Crippen LogP contribution in [-0.4, -0.2) is 29.0 Å². The van der Waals surface area contributed by atoms with Crippen LogP contribution in [0.3, 0.4) is 0 Å². The van der Waals surface area contributed by atoms with Gasteiger partial charge in [0.1, 0.15) is 0 Å². The molecule has 2 N–H and O–H groups in total. The van der Waals surface area contributed by atoms with Crippen LogP contribution in [0.25, 0.3) is 0 Å². The summed E-state index contributed by atoms with van der Waals surface area (Å²) >= 11 is 3.38. The van der Waals surface area contributed by atoms with Crippen LogP contribution in [0, 0.1) is 0 Å². The molecule has 0 aromatic carbocycles. The Morgan fingerprint density at radius 1 is 1.33 bits per heavy atom. The Morgan fingerprint density at radius 2 is 2.07 bits per heavy atom. The molecule has 0 aliphatic rings. The van der Waals surface area contributed by atoms with Crippen LogP contribution < -0.4 is 5.32 Å². The zero-order valence-electron chi connectivity index (χ0n) is 9.47. The molecule has 1 amide bonds. The van der Waals surface area contributed by atoms with Crippen LogP contribution in [0.2, 0.25) is 0 Å². The molecule has 0 heterocycles. The van der Waals surface area contributed by atoms with Gasteiger partial charge in [-0.05, 0) is 25.7 Å². The first kappa shape index (κ1) is 14.9. The van der Waals surface area contributed by atoms with Gasteiger partial charge in [0.25, 0.3) is 0 Å². The molecule has 0 aliphatic heterocycles. The van der Waals surface area contributed by atoms with E-state index in [1.54, 1.807) is 0 Å². The highest BCUT2D eigenvalue weighted by Crippen LogP contribution is 2.09. The molecule has 0 aromatic rings. The van der Waals surface area contributed by atoms with E-state index in [4.69, 9.17) is 5.11 Å². The van der Waals surface area contributed by atoms with Crippen molar-refractivity contribution in [1.29, 1.82) is 0 Å². The summed E-state index contributed by atoms with van der Waals surface area (Å²) in [4.78, 5) is 11.4. The average Bonchev–Trinajstić information content (AvgIpc) is 2.25. The largest absolute Gasteiger partial charge is 0.396 e. The normalized spacial score (nSPS) is 12.5. The fourth-order valence-corrected chi connectivity index (χ4v) is 1.74. The average molecular weight is 280 g/mol. The molecule has 90 valence electrons. The van der Waals surface area contributed by atoms with E-state index in [-0.39, 0.29) is 17.3 Å². The Morgan fingerprint density at radius 3 is 2.67 bits per heavy atom. The van der Waals surface area contributed by atoms with E-state index >= 15 is 0 Å². The lowest BCUT2D eigenvalue weighted by Crippen LogP contribution is -2.31. The van der Waals surface area contributed by atoms with Crippen LogP contribution in [0.5, 0.6) is 0 Å². The highest BCUT2D eigenvalue weighted by molar-refractivity contribution is 9.10. The number of rotatable bonds is 9. The van der Waals surface area contributed by atoms with Gasteiger partial charge in [0.15, 0.2) is 0 Å². The Hall–Kier alpha value is -0.0900. The minimum Gasteiger partial charge on any atom is -0.396 e. The topological polar surface area (TPSA) is 49.3 Å². The van der Waals surface area contributed by atoms with Crippen molar-refractivity contribution in [1.82, 2.24) is 5.32 Å². The Kier molecular flexibility index (Phi) is 10.4. The maximum atomic E-state index is 11.5. The van der Waals surface area contributed by atoms with Crippen molar-refractivity contribution < 1.29 is 9.90 Å². The molecule has 0 bridgehead atoms. The number of carbonyl (C=O) groups is 1. The van der Waals surface area contributed by atoms with Crippen LogP contribution in [0.4, 0.5) is 0 Å². The number of nitrogens with one attached hydrogen (secondary N) is 1. The predicted octanol–water partition coefficient (Wildman–Crippen LogP) is 2.22. The highest BCUT2D eigenvalue weighted by Gasteiger charge is 2.12. The summed E-state index contributed by atoms with van der Waals surface area (Å²) in [5, 5.41) is 11.4. The third-order valence-electron chi connectivity index (χ3n) is 2.23. The molecule has 15 heavy (non-hydrogen) atoms. The lowest BCUT2D eigenvalue weighted by molar-refractivity contribution is -0.120. The van der Waals surface area contributed by atoms with Crippen molar-refractivity contribution in [2.45, 2.75) is 50.3 Å². The number of unbranched alkanes of at least 4 members (excludes halogenated alkanes) is 3. The number of aliphatic hydroxyl groups excluding tert-OH is 1. The van der Waals surface area contributed by atoms with Crippen LogP contribution in [0.15, 0.2) is 0 Å². The second-order valence-electron chi connectivity index (χ2n) is 3.69. The number of hydrogen-bond acceptors (Lipinski definition) is 2. The zero-order valence-corrected chi connectivity index (χ0v) is 11.1. The van der Waals surface area contributed by atoms with E-state index in [0.29, 0.717) is 6.54 Å². The van der Waals surface area contributed by atoms with E-state index in [1.165, 1.54) is 0 Å². The molecule has 0 fully saturated rings. The van der Waals surface area contributed by atoms with Gasteiger partial charge in [0.2, 0.25) is 5.91 Å². The molecular weight excluding hydrogens is 258 g/mol. The quantitative estimate of drug-likeness (QED) is 0.502. The molecule has 0 aliphatic carbocycles. The number of hydrogen-bond donors (Lipinski definition) is 2. The van der Waals surface area contributed by atoms with Gasteiger partial charge in [0, 0.05) is 13.2 Å². The van der Waals surface area contributed by atoms with Crippen LogP contribution in [0.1, 0.15) is 45.4 Å². The molecule has 0 saturated heterocycles. The highest BCUT2D eigenvalue weighted by atomic mass is 79.9. The second kappa shape index (κ2) is 10.4. The van der Waals surface area contributed by atoms with E-state index < -0.39 is 0 Å². The molecule has 0 radical (unpaired) electrons. The minimum atomic E-state index is -0.0460. The monoisotopic (exact) mass is 279 g/mol. The smallest absolute Gasteiger partial charge is 0.233 e. The first-order chi connectivity index (χ1) is 7.22. The van der Waals surface area contributed by atoms with Crippen LogP contribution >= 0.6 is 15.9 Å². The van der Waals surface area contributed by atoms with E-state index in [1.807, 2.05) is 0 Å². The first-order valence-corrected chi connectivity index (χ1v) is 6.66. The predicted molar refractivity (Wildman–Crippen MR) is 66.2 cm³/mol. The van der Waals surface area contributed by atoms with Gasteiger partial charge >= 0.3 is 0 Å². The number of halogens is 1. The number of alkyl halides is 1. The van der Waals surface area contributed by atoms with Crippen molar-refractivity contribution in [2.24, 2.45) is 0 Å². The van der Waals surface area contributed by atoms with Crippen molar-refractivity contribution in [3.05, 3.63) is 0 Å². The van der Waals surface area contributed by atoms with Crippen LogP contribution in [-0.2, 0) is 4.79 Å². The number of aliphatic hydroxyl groups is 1. The Balaban J connectivity index is 3.38. The molecule has 0 aromatic heterocycles. The van der Waals surface area contributed by atoms with Gasteiger partial charge in [-0.3, -0.25) is 4.79 Å². The molecule has 1 atom stereocenters. The zero-order chi connectivity index (χ0) is 11.5. The van der Waals surface area contributed by atoms with Gasteiger partial charge in [-0.15, -0.1) is 0 Å². The summed E-state index contributed by atoms with van der Waals surface area (Å²) in [6.07, 6.45) is 5.83. The molecule has 4 heteroatoms. The number of amides is 1. The van der Waals surface area contributed by atoms with Crippen molar-refractivity contribution in [3.8, 4) is 0 Å². The van der Waals surface area contributed by atoms with Crippen molar-refractivity contribution in [2.75, 3.05) is 13.2 Å². The number of carbonyl (C=O) groups excluding carboxylic acids is 1. The molecule has 3 nitrogen and oxygen atoms in total. The Labute approximate surface area is 101 Å². The summed E-state index contributed by atoms with van der Waals surface area (Å²) in [7, 11) is 0. The summed E-state index contributed by atoms with van der Waals surface area (Å²) < 4.78 is 0. The fraction of sp³-hybridized carbons (Fsp3) is 0.909. The van der Waals surface area contributed by atoms with Gasteiger partial charge < -0.3 is 10.4 Å². The second-order valence-corrected chi connectivity index (χ2v) is 4.79. The molecule has 0 spiro atoms. The summed E-state index contributed by atoms with van der Waals surface area (Å²) in [6, 6.07) is 0. The lowest BCUT2D eigenvalue weighted by atomic mass is 10.2. The SMILES string of the molecule is CCCCC(Br)C(=O)NCCCCCO. The summed E-state index contributed by atoms with van der Waals surface area (Å²) in [6.45, 7) is 3.07. The summed E-state index contributed by atoms with van der Waals surface area (Å²) in [5.74, 6) is 0.0902. The first-order valence-electron chi connectivity index (χ1n) is 5.75. The third kappa shape index (κ3) is 8.88. The maximum absolute atomic E-state index is 11.5. The minimum absolute atomic E-state index is 0.0460. The molecule has 0 saturated carbocycles. The molecular formula is C11H22BrNO2. The van der Waals surface area contributed by atoms with Gasteiger partial charge in [0.05, 0.1) is 4.83 Å². The van der Waals surface area contributed by atoms with E-state index in [0.717, 1.165) is 38.5 Å². The standard InChI is InChI=1S/C11H22BrNO2/c1-2-3-7-10(12)11(15)13-8-5-4-6-9-14/h10,14H,2-9H2,1H3,(H,13,15). The van der Waals surface area contributed by atoms with Gasteiger partial charge in [-0.1, -0.05) is 35.7 Å². The lowest BCUT2D eigenvalue weighted by Gasteiger charge is -2.09. The molecule has 0 rings (SSSR count). The third-order valence-corrected chi connectivity index (χ3v) is 3.10.